The highest BCUT2D eigenvalue weighted by Gasteiger charge is 2.33. The first kappa shape index (κ1) is 15.9. The molecular weight excluding hydrogens is 320 g/mol. The Hall–Kier alpha value is -1.95. The van der Waals surface area contributed by atoms with Crippen LogP contribution in [-0.2, 0) is 4.79 Å². The van der Waals surface area contributed by atoms with Crippen molar-refractivity contribution in [3.8, 4) is 5.75 Å². The number of carboxylic acids is 1. The first-order chi connectivity index (χ1) is 11.0. The van der Waals surface area contributed by atoms with E-state index in [9.17, 15) is 9.59 Å². The highest BCUT2D eigenvalue weighted by molar-refractivity contribution is 6.31. The zero-order valence-electron chi connectivity index (χ0n) is 12.9. The maximum absolute atomic E-state index is 12.9. The monoisotopic (exact) mass is 338 g/mol. The number of hydrogen-bond acceptors (Lipinski definition) is 3. The van der Waals surface area contributed by atoms with Crippen molar-refractivity contribution in [3.63, 3.8) is 0 Å². The van der Waals surface area contributed by atoms with Gasteiger partial charge in [0, 0.05) is 18.1 Å². The molecule has 3 rings (SSSR count). The fraction of sp³-hybridized carbons (Fsp3) is 0.500. The Kier molecular flexibility index (Phi) is 4.35. The molecule has 0 saturated carbocycles. The van der Waals surface area contributed by atoms with Crippen LogP contribution in [-0.4, -0.2) is 47.7 Å². The van der Waals surface area contributed by atoms with Gasteiger partial charge in [-0.15, -0.1) is 0 Å². The molecule has 1 aromatic carbocycles. The maximum Gasteiger partial charge on any atom is 0.324 e. The van der Waals surface area contributed by atoms with Gasteiger partial charge in [-0.3, -0.25) is 9.69 Å². The van der Waals surface area contributed by atoms with E-state index in [2.05, 4.69) is 0 Å². The average Bonchev–Trinajstić information content (AvgIpc) is 2.54. The van der Waals surface area contributed by atoms with Gasteiger partial charge in [-0.2, -0.15) is 0 Å². The Morgan fingerprint density at radius 2 is 2.00 bits per heavy atom. The molecule has 7 heteroatoms. The second-order valence-electron chi connectivity index (χ2n) is 6.03. The molecule has 1 fully saturated rings. The number of carbonyl (C=O) groups excluding carboxylic acids is 1. The van der Waals surface area contributed by atoms with Crippen LogP contribution in [0.2, 0.25) is 5.02 Å². The third-order valence-corrected chi connectivity index (χ3v) is 4.56. The molecule has 2 aliphatic rings. The first-order valence-corrected chi connectivity index (χ1v) is 8.09. The Balaban J connectivity index is 1.78. The molecule has 1 N–H and O–H groups in total. The number of aliphatic carboxylic acids is 1. The van der Waals surface area contributed by atoms with E-state index in [0.29, 0.717) is 48.9 Å². The zero-order valence-corrected chi connectivity index (χ0v) is 13.6. The van der Waals surface area contributed by atoms with Crippen molar-refractivity contribution in [1.29, 1.82) is 0 Å². The summed E-state index contributed by atoms with van der Waals surface area (Å²) in [5.74, 6) is -0.500. The lowest BCUT2D eigenvalue weighted by atomic mass is 9.97. The van der Waals surface area contributed by atoms with Crippen LogP contribution in [0.5, 0.6) is 5.75 Å². The molecular formula is C16H19ClN2O4. The van der Waals surface area contributed by atoms with Gasteiger partial charge in [-0.25, -0.2) is 4.79 Å². The van der Waals surface area contributed by atoms with Gasteiger partial charge in [0.15, 0.2) is 0 Å². The third-order valence-electron chi connectivity index (χ3n) is 4.33. The molecule has 1 atom stereocenters. The summed E-state index contributed by atoms with van der Waals surface area (Å²) < 4.78 is 5.75. The largest absolute Gasteiger partial charge is 0.487 e. The van der Waals surface area contributed by atoms with Crippen molar-refractivity contribution >= 4 is 29.3 Å². The number of piperidine rings is 1. The predicted octanol–water partition coefficient (Wildman–Crippen LogP) is 2.84. The van der Waals surface area contributed by atoms with E-state index in [1.807, 2.05) is 6.92 Å². The van der Waals surface area contributed by atoms with Gasteiger partial charge in [-0.05, 0) is 38.0 Å². The minimum absolute atomic E-state index is 0.107. The van der Waals surface area contributed by atoms with Crippen molar-refractivity contribution in [2.24, 2.45) is 5.92 Å². The molecule has 0 aliphatic carbocycles. The molecule has 0 radical (unpaired) electrons. The average molecular weight is 339 g/mol. The van der Waals surface area contributed by atoms with E-state index in [-0.39, 0.29) is 18.1 Å². The molecule has 0 spiro atoms. The van der Waals surface area contributed by atoms with Gasteiger partial charge in [0.25, 0.3) is 0 Å². The van der Waals surface area contributed by atoms with Crippen LogP contribution < -0.4 is 9.64 Å². The fourth-order valence-electron chi connectivity index (χ4n) is 3.08. The first-order valence-electron chi connectivity index (χ1n) is 7.71. The second-order valence-corrected chi connectivity index (χ2v) is 6.47. The summed E-state index contributed by atoms with van der Waals surface area (Å²) >= 11 is 6.05. The number of amides is 2. The number of carbonyl (C=O) groups is 2. The molecule has 0 bridgehead atoms. The van der Waals surface area contributed by atoms with Gasteiger partial charge < -0.3 is 14.7 Å². The molecule has 2 heterocycles. The maximum atomic E-state index is 12.9. The Morgan fingerprint density at radius 3 is 2.65 bits per heavy atom. The summed E-state index contributed by atoms with van der Waals surface area (Å²) in [5, 5.41) is 9.61. The Labute approximate surface area is 139 Å². The molecule has 6 nitrogen and oxygen atoms in total. The van der Waals surface area contributed by atoms with Gasteiger partial charge >= 0.3 is 12.0 Å². The van der Waals surface area contributed by atoms with Gasteiger partial charge in [-0.1, -0.05) is 11.6 Å². The summed E-state index contributed by atoms with van der Waals surface area (Å²) in [6, 6.07) is 5.11. The van der Waals surface area contributed by atoms with Crippen LogP contribution in [0.4, 0.5) is 10.5 Å². The van der Waals surface area contributed by atoms with Crippen LogP contribution in [0.15, 0.2) is 18.2 Å². The number of halogens is 1. The SMILES string of the molecule is C[C@@H]1CN(C(=O)N2CCC(C(=O)O)CC2)c2cc(Cl)ccc2O1. The van der Waals surface area contributed by atoms with Gasteiger partial charge in [0.1, 0.15) is 11.9 Å². The molecule has 0 aromatic heterocycles. The van der Waals surface area contributed by atoms with Crippen LogP contribution in [0, 0.1) is 5.92 Å². The number of likely N-dealkylation sites (tertiary alicyclic amines) is 1. The van der Waals surface area contributed by atoms with Crippen LogP contribution in [0.3, 0.4) is 0 Å². The van der Waals surface area contributed by atoms with Gasteiger partial charge in [0.05, 0.1) is 18.2 Å². The lowest BCUT2D eigenvalue weighted by molar-refractivity contribution is -0.143. The highest BCUT2D eigenvalue weighted by Crippen LogP contribution is 2.36. The predicted molar refractivity (Wildman–Crippen MR) is 86.2 cm³/mol. The van der Waals surface area contributed by atoms with E-state index in [1.54, 1.807) is 28.0 Å². The minimum Gasteiger partial charge on any atom is -0.487 e. The van der Waals surface area contributed by atoms with Crippen molar-refractivity contribution < 1.29 is 19.4 Å². The summed E-state index contributed by atoms with van der Waals surface area (Å²) in [6.45, 7) is 3.27. The highest BCUT2D eigenvalue weighted by atomic mass is 35.5. The van der Waals surface area contributed by atoms with E-state index in [4.69, 9.17) is 21.4 Å². The lowest BCUT2D eigenvalue weighted by Gasteiger charge is -2.38. The van der Waals surface area contributed by atoms with E-state index in [0.717, 1.165) is 0 Å². The Bertz CT molecular complexity index is 629. The molecule has 1 aromatic rings. The van der Waals surface area contributed by atoms with Crippen molar-refractivity contribution in [2.75, 3.05) is 24.5 Å². The van der Waals surface area contributed by atoms with Gasteiger partial charge in [0.2, 0.25) is 0 Å². The fourth-order valence-corrected chi connectivity index (χ4v) is 3.25. The number of fused-ring (bicyclic) bond motifs is 1. The molecule has 2 aliphatic heterocycles. The number of nitrogens with zero attached hydrogens (tertiary/aromatic N) is 2. The van der Waals surface area contributed by atoms with Crippen LogP contribution in [0.1, 0.15) is 19.8 Å². The quantitative estimate of drug-likeness (QED) is 0.854. The third kappa shape index (κ3) is 3.22. The standard InChI is InChI=1S/C16H19ClN2O4/c1-10-9-19(13-8-12(17)2-3-14(13)23-10)16(22)18-6-4-11(5-7-18)15(20)21/h2-3,8,10-11H,4-7,9H2,1H3,(H,20,21)/t10-/m1/s1. The van der Waals surface area contributed by atoms with Crippen LogP contribution in [0.25, 0.3) is 0 Å². The van der Waals surface area contributed by atoms with E-state index >= 15 is 0 Å². The Morgan fingerprint density at radius 1 is 1.30 bits per heavy atom. The van der Waals surface area contributed by atoms with Crippen molar-refractivity contribution in [3.05, 3.63) is 23.2 Å². The van der Waals surface area contributed by atoms with E-state index < -0.39 is 5.97 Å². The lowest BCUT2D eigenvalue weighted by Crippen LogP contribution is -2.51. The van der Waals surface area contributed by atoms with Crippen molar-refractivity contribution in [1.82, 2.24) is 4.90 Å². The summed E-state index contributed by atoms with van der Waals surface area (Å²) in [7, 11) is 0. The number of carboxylic acid groups (broad SMARTS) is 1. The molecule has 2 amide bonds. The zero-order chi connectivity index (χ0) is 16.6. The number of benzene rings is 1. The molecule has 0 unspecified atom stereocenters. The second kappa shape index (κ2) is 6.28. The summed E-state index contributed by atoms with van der Waals surface area (Å²) in [4.78, 5) is 27.3. The van der Waals surface area contributed by atoms with Crippen molar-refractivity contribution in [2.45, 2.75) is 25.9 Å². The van der Waals surface area contributed by atoms with Crippen LogP contribution >= 0.6 is 11.6 Å². The topological polar surface area (TPSA) is 70.1 Å². The molecule has 124 valence electrons. The summed E-state index contributed by atoms with van der Waals surface area (Å²) in [6.07, 6.45) is 0.872. The number of rotatable bonds is 1. The number of anilines is 1. The minimum atomic E-state index is -0.783. The van der Waals surface area contributed by atoms with E-state index in [1.165, 1.54) is 0 Å². The summed E-state index contributed by atoms with van der Waals surface area (Å²) in [5.41, 5.74) is 0.668. The normalized spacial score (nSPS) is 21.6. The smallest absolute Gasteiger partial charge is 0.324 e. The number of urea groups is 1. The number of ether oxygens (including phenoxy) is 1. The molecule has 23 heavy (non-hydrogen) atoms. The molecule has 1 saturated heterocycles. The number of hydrogen-bond donors (Lipinski definition) is 1.